The molecule has 3 rings (SSSR count). The molecule has 27 heavy (non-hydrogen) atoms. The van der Waals surface area contributed by atoms with Gasteiger partial charge in [-0.05, 0) is 44.5 Å². The molecule has 1 aromatic rings. The fourth-order valence-electron chi connectivity index (χ4n) is 4.03. The van der Waals surface area contributed by atoms with E-state index in [4.69, 9.17) is 10.5 Å². The van der Waals surface area contributed by atoms with Crippen LogP contribution in [0.5, 0.6) is 0 Å². The van der Waals surface area contributed by atoms with E-state index in [1.807, 2.05) is 30.3 Å². The lowest BCUT2D eigenvalue weighted by Crippen LogP contribution is -2.61. The number of carbonyl (C=O) groups is 3. The number of benzene rings is 1. The molecule has 2 saturated heterocycles. The number of hydrogen-bond donors (Lipinski definition) is 2. The minimum atomic E-state index is -1.23. The van der Waals surface area contributed by atoms with Crippen LogP contribution in [0.25, 0.3) is 0 Å². The summed E-state index contributed by atoms with van der Waals surface area (Å²) in [5, 5.41) is 3.27. The van der Waals surface area contributed by atoms with Crippen LogP contribution in [-0.4, -0.2) is 61.1 Å². The molecule has 2 heterocycles. The van der Waals surface area contributed by atoms with E-state index < -0.39 is 17.4 Å². The monoisotopic (exact) mass is 374 g/mol. The normalized spacial score (nSPS) is 23.5. The lowest BCUT2D eigenvalue weighted by molar-refractivity contribution is -0.142. The summed E-state index contributed by atoms with van der Waals surface area (Å²) in [5.41, 5.74) is 5.31. The number of piperidine rings is 1. The highest BCUT2D eigenvalue weighted by Gasteiger charge is 2.56. The first kappa shape index (κ1) is 19.2. The van der Waals surface area contributed by atoms with Crippen molar-refractivity contribution in [1.82, 2.24) is 10.2 Å². The number of nitrogens with two attached hydrogens (primary N) is 1. The van der Waals surface area contributed by atoms with Crippen molar-refractivity contribution in [3.63, 3.8) is 0 Å². The van der Waals surface area contributed by atoms with E-state index in [0.717, 1.165) is 25.9 Å². The summed E-state index contributed by atoms with van der Waals surface area (Å²) >= 11 is 0. The van der Waals surface area contributed by atoms with Gasteiger partial charge < -0.3 is 20.7 Å². The molecule has 0 aliphatic carbocycles. The molecule has 0 bridgehead atoms. The Balaban J connectivity index is 1.98. The second-order valence-electron chi connectivity index (χ2n) is 7.03. The Kier molecular flexibility index (Phi) is 5.65. The first-order valence-electron chi connectivity index (χ1n) is 9.23. The van der Waals surface area contributed by atoms with Gasteiger partial charge in [-0.25, -0.2) is 4.79 Å². The van der Waals surface area contributed by atoms with Crippen LogP contribution in [0.4, 0.5) is 10.5 Å². The zero-order chi connectivity index (χ0) is 19.4. The molecule has 0 aromatic heterocycles. The maximum Gasteiger partial charge on any atom is 0.325 e. The smallest absolute Gasteiger partial charge is 0.325 e. The van der Waals surface area contributed by atoms with Crippen LogP contribution >= 0.6 is 0 Å². The lowest BCUT2D eigenvalue weighted by Gasteiger charge is -2.41. The van der Waals surface area contributed by atoms with Crippen LogP contribution in [0.15, 0.2) is 30.3 Å². The van der Waals surface area contributed by atoms with E-state index in [-0.39, 0.29) is 31.5 Å². The highest BCUT2D eigenvalue weighted by molar-refractivity contribution is 6.02. The van der Waals surface area contributed by atoms with Gasteiger partial charge >= 0.3 is 12.0 Å². The number of nitrogens with one attached hydrogen (secondary N) is 1. The number of urea groups is 1. The molecule has 2 aliphatic heterocycles. The number of methoxy groups -OCH3 is 1. The molecule has 8 nitrogen and oxygen atoms in total. The van der Waals surface area contributed by atoms with Crippen molar-refractivity contribution < 1.29 is 19.1 Å². The van der Waals surface area contributed by atoms with Crippen molar-refractivity contribution in [2.24, 2.45) is 5.73 Å². The van der Waals surface area contributed by atoms with Gasteiger partial charge in [0.05, 0.1) is 13.7 Å². The molecule has 1 unspecified atom stereocenters. The summed E-state index contributed by atoms with van der Waals surface area (Å²) in [6.45, 7) is 1.67. The number of anilines is 1. The third-order valence-corrected chi connectivity index (χ3v) is 5.49. The summed E-state index contributed by atoms with van der Waals surface area (Å²) in [5.74, 6) is -1.01. The summed E-state index contributed by atoms with van der Waals surface area (Å²) in [6, 6.07) is 8.88. The van der Waals surface area contributed by atoms with Gasteiger partial charge in [0.1, 0.15) is 5.54 Å². The first-order chi connectivity index (χ1) is 13.0. The average molecular weight is 374 g/mol. The Morgan fingerprint density at radius 2 is 1.93 bits per heavy atom. The molecular weight excluding hydrogens is 348 g/mol. The summed E-state index contributed by atoms with van der Waals surface area (Å²) < 4.78 is 4.74. The number of amides is 3. The van der Waals surface area contributed by atoms with Crippen molar-refractivity contribution in [2.45, 2.75) is 37.3 Å². The summed E-state index contributed by atoms with van der Waals surface area (Å²) in [6.07, 6.45) is 1.65. The van der Waals surface area contributed by atoms with Crippen LogP contribution in [-0.2, 0) is 14.3 Å². The van der Waals surface area contributed by atoms with E-state index in [2.05, 4.69) is 5.32 Å². The van der Waals surface area contributed by atoms with Gasteiger partial charge in [-0.1, -0.05) is 18.2 Å². The molecule has 8 heteroatoms. The molecule has 0 saturated carbocycles. The van der Waals surface area contributed by atoms with Crippen LogP contribution in [0.3, 0.4) is 0 Å². The van der Waals surface area contributed by atoms with Crippen molar-refractivity contribution in [3.05, 3.63) is 30.3 Å². The number of primary amides is 1. The number of hydrogen-bond acceptors (Lipinski definition) is 5. The molecule has 2 aliphatic rings. The zero-order valence-corrected chi connectivity index (χ0v) is 15.5. The molecule has 1 atom stereocenters. The van der Waals surface area contributed by atoms with Crippen LogP contribution in [0, 0.1) is 0 Å². The summed E-state index contributed by atoms with van der Waals surface area (Å²) in [4.78, 5) is 40.9. The van der Waals surface area contributed by atoms with E-state index >= 15 is 0 Å². The highest BCUT2D eigenvalue weighted by atomic mass is 16.5. The van der Waals surface area contributed by atoms with Gasteiger partial charge in [-0.15, -0.1) is 0 Å². The molecule has 3 N–H and O–H groups in total. The van der Waals surface area contributed by atoms with E-state index in [0.29, 0.717) is 5.69 Å². The Morgan fingerprint density at radius 3 is 2.52 bits per heavy atom. The fraction of sp³-hybridized carbons (Fsp3) is 0.526. The van der Waals surface area contributed by atoms with Crippen molar-refractivity contribution in [2.75, 3.05) is 31.6 Å². The van der Waals surface area contributed by atoms with Gasteiger partial charge in [-0.2, -0.15) is 0 Å². The number of rotatable bonds is 6. The van der Waals surface area contributed by atoms with Gasteiger partial charge in [0.15, 0.2) is 0 Å². The maximum absolute atomic E-state index is 13.3. The minimum absolute atomic E-state index is 0.0246. The minimum Gasteiger partial charge on any atom is -0.469 e. The van der Waals surface area contributed by atoms with Crippen molar-refractivity contribution in [3.8, 4) is 0 Å². The predicted molar refractivity (Wildman–Crippen MR) is 100 cm³/mol. The fourth-order valence-corrected chi connectivity index (χ4v) is 4.03. The molecule has 146 valence electrons. The van der Waals surface area contributed by atoms with E-state index in [9.17, 15) is 14.4 Å². The number of ether oxygens (including phenoxy) is 1. The van der Waals surface area contributed by atoms with Gasteiger partial charge in [0, 0.05) is 18.2 Å². The molecular formula is C19H26N4O4. The van der Waals surface area contributed by atoms with Crippen LogP contribution in [0.2, 0.25) is 0 Å². The Bertz CT molecular complexity index is 705. The third kappa shape index (κ3) is 3.62. The van der Waals surface area contributed by atoms with Gasteiger partial charge in [0.2, 0.25) is 5.91 Å². The van der Waals surface area contributed by atoms with Crippen LogP contribution in [0.1, 0.15) is 25.7 Å². The second kappa shape index (κ2) is 7.96. The quantitative estimate of drug-likeness (QED) is 0.719. The van der Waals surface area contributed by atoms with E-state index in [1.165, 1.54) is 7.11 Å². The zero-order valence-electron chi connectivity index (χ0n) is 15.5. The number of para-hydroxylation sites is 1. The summed E-state index contributed by atoms with van der Waals surface area (Å²) in [7, 11) is 1.31. The number of esters is 1. The topological polar surface area (TPSA) is 105 Å². The van der Waals surface area contributed by atoms with Gasteiger partial charge in [0.25, 0.3) is 0 Å². The average Bonchev–Trinajstić information content (AvgIpc) is 3.01. The lowest BCUT2D eigenvalue weighted by atomic mass is 9.88. The molecule has 2 fully saturated rings. The first-order valence-corrected chi connectivity index (χ1v) is 9.23. The molecule has 1 aromatic carbocycles. The Hall–Kier alpha value is -2.61. The van der Waals surface area contributed by atoms with Crippen molar-refractivity contribution in [1.29, 1.82) is 0 Å². The third-order valence-electron chi connectivity index (χ3n) is 5.49. The SMILES string of the molecule is COC(=O)CCC1(C(N)=O)CN(c2ccccc2)C(=O)N1C1CCNCC1. The molecule has 0 radical (unpaired) electrons. The maximum atomic E-state index is 13.3. The predicted octanol–water partition coefficient (Wildman–Crippen LogP) is 0.858. The Labute approximate surface area is 158 Å². The second-order valence-corrected chi connectivity index (χ2v) is 7.03. The highest BCUT2D eigenvalue weighted by Crippen LogP contribution is 2.37. The molecule has 0 spiro atoms. The van der Waals surface area contributed by atoms with Crippen molar-refractivity contribution >= 4 is 23.6 Å². The molecule has 3 amide bonds. The number of carbonyl (C=O) groups excluding carboxylic acids is 3. The van der Waals surface area contributed by atoms with Gasteiger partial charge in [-0.3, -0.25) is 14.5 Å². The van der Waals surface area contributed by atoms with Crippen LogP contribution < -0.4 is 16.0 Å². The largest absolute Gasteiger partial charge is 0.469 e. The standard InChI is InChI=1S/C19H26N4O4/c1-27-16(24)7-10-19(17(20)25)13-22(14-5-3-2-4-6-14)18(26)23(19)15-8-11-21-12-9-15/h2-6,15,21H,7-13H2,1H3,(H2,20,25). The number of nitrogens with zero attached hydrogens (tertiary/aromatic N) is 2. The van der Waals surface area contributed by atoms with E-state index in [1.54, 1.807) is 9.80 Å². The Morgan fingerprint density at radius 1 is 1.26 bits per heavy atom.